The first-order valence-electron chi connectivity index (χ1n) is 7.95. The maximum atomic E-state index is 12.4. The van der Waals surface area contributed by atoms with Gasteiger partial charge in [-0.15, -0.1) is 11.8 Å². The molecule has 0 aliphatic heterocycles. The summed E-state index contributed by atoms with van der Waals surface area (Å²) >= 11 is 4.98. The molecule has 0 saturated carbocycles. The number of benzene rings is 2. The van der Waals surface area contributed by atoms with Gasteiger partial charge in [-0.1, -0.05) is 15.9 Å². The summed E-state index contributed by atoms with van der Waals surface area (Å²) in [4.78, 5) is 15.2. The minimum atomic E-state index is 0.0703. The number of nitrogens with zero attached hydrogens (tertiary/aromatic N) is 1. The van der Waals surface area contributed by atoms with Gasteiger partial charge in [-0.25, -0.2) is 0 Å². The minimum absolute atomic E-state index is 0.0703. The van der Waals surface area contributed by atoms with Crippen LogP contribution in [0.2, 0.25) is 0 Å². The SMILES string of the molecule is CCOc1ccc(SCC(=O)N(C)Cc2cc(Br)ccc2OC)cc1. The Morgan fingerprint density at radius 1 is 1.20 bits per heavy atom. The van der Waals surface area contributed by atoms with Crippen LogP contribution in [0.5, 0.6) is 11.5 Å². The Bertz CT molecular complexity index is 706. The zero-order valence-corrected chi connectivity index (χ0v) is 17.0. The van der Waals surface area contributed by atoms with Crippen LogP contribution in [0.3, 0.4) is 0 Å². The zero-order valence-electron chi connectivity index (χ0n) is 14.6. The van der Waals surface area contributed by atoms with Gasteiger partial charge < -0.3 is 14.4 Å². The third-order valence-electron chi connectivity index (χ3n) is 3.57. The number of methoxy groups -OCH3 is 1. The lowest BCUT2D eigenvalue weighted by Crippen LogP contribution is -2.28. The highest BCUT2D eigenvalue weighted by molar-refractivity contribution is 9.10. The molecular formula is C19H22BrNO3S. The summed E-state index contributed by atoms with van der Waals surface area (Å²) < 4.78 is 11.8. The normalized spacial score (nSPS) is 10.4. The van der Waals surface area contributed by atoms with E-state index in [-0.39, 0.29) is 5.91 Å². The number of carbonyl (C=O) groups excluding carboxylic acids is 1. The first-order chi connectivity index (χ1) is 12.0. The number of hydrogen-bond donors (Lipinski definition) is 0. The molecule has 0 heterocycles. The van der Waals surface area contributed by atoms with Gasteiger partial charge in [0.15, 0.2) is 0 Å². The molecular weight excluding hydrogens is 402 g/mol. The van der Waals surface area contributed by atoms with Crippen LogP contribution in [0.1, 0.15) is 12.5 Å². The van der Waals surface area contributed by atoms with Crippen molar-refractivity contribution < 1.29 is 14.3 Å². The minimum Gasteiger partial charge on any atom is -0.496 e. The Balaban J connectivity index is 1.91. The number of hydrogen-bond acceptors (Lipinski definition) is 4. The highest BCUT2D eigenvalue weighted by Crippen LogP contribution is 2.25. The van der Waals surface area contributed by atoms with Gasteiger partial charge in [0.05, 0.1) is 19.5 Å². The number of thioether (sulfide) groups is 1. The predicted molar refractivity (Wildman–Crippen MR) is 106 cm³/mol. The molecule has 0 bridgehead atoms. The second-order valence-electron chi connectivity index (χ2n) is 5.40. The third-order valence-corrected chi connectivity index (χ3v) is 5.06. The molecule has 0 radical (unpaired) electrons. The van der Waals surface area contributed by atoms with Crippen LogP contribution < -0.4 is 9.47 Å². The average Bonchev–Trinajstić information content (AvgIpc) is 2.61. The van der Waals surface area contributed by atoms with E-state index < -0.39 is 0 Å². The van der Waals surface area contributed by atoms with E-state index in [2.05, 4.69) is 15.9 Å². The lowest BCUT2D eigenvalue weighted by molar-refractivity contribution is -0.127. The van der Waals surface area contributed by atoms with Gasteiger partial charge >= 0.3 is 0 Å². The number of ether oxygens (including phenoxy) is 2. The lowest BCUT2D eigenvalue weighted by Gasteiger charge is -2.19. The van der Waals surface area contributed by atoms with E-state index in [0.717, 1.165) is 26.4 Å². The Hall–Kier alpha value is -1.66. The average molecular weight is 424 g/mol. The van der Waals surface area contributed by atoms with Gasteiger partial charge in [0.2, 0.25) is 5.91 Å². The highest BCUT2D eigenvalue weighted by Gasteiger charge is 2.13. The number of amides is 1. The zero-order chi connectivity index (χ0) is 18.2. The molecule has 1 amide bonds. The Kier molecular flexibility index (Phi) is 7.65. The molecule has 0 spiro atoms. The van der Waals surface area contributed by atoms with Crippen molar-refractivity contribution in [3.8, 4) is 11.5 Å². The number of rotatable bonds is 8. The molecule has 25 heavy (non-hydrogen) atoms. The Morgan fingerprint density at radius 2 is 1.92 bits per heavy atom. The molecule has 0 unspecified atom stereocenters. The molecule has 2 rings (SSSR count). The van der Waals surface area contributed by atoms with Gasteiger partial charge in [-0.2, -0.15) is 0 Å². The van der Waals surface area contributed by atoms with Crippen molar-refractivity contribution in [2.24, 2.45) is 0 Å². The molecule has 4 nitrogen and oxygen atoms in total. The van der Waals surface area contributed by atoms with Crippen LogP contribution >= 0.6 is 27.7 Å². The number of halogens is 1. The van der Waals surface area contributed by atoms with Gasteiger partial charge in [-0.05, 0) is 49.4 Å². The van der Waals surface area contributed by atoms with Gasteiger partial charge in [0.25, 0.3) is 0 Å². The van der Waals surface area contributed by atoms with Crippen molar-refractivity contribution >= 4 is 33.6 Å². The molecule has 6 heteroatoms. The van der Waals surface area contributed by atoms with Gasteiger partial charge in [-0.3, -0.25) is 4.79 Å². The molecule has 134 valence electrons. The Labute approximate surface area is 161 Å². The third kappa shape index (κ3) is 5.97. The van der Waals surface area contributed by atoms with Crippen LogP contribution in [-0.2, 0) is 11.3 Å². The van der Waals surface area contributed by atoms with Crippen molar-refractivity contribution in [3.05, 3.63) is 52.5 Å². The van der Waals surface area contributed by atoms with Crippen LogP contribution in [0.15, 0.2) is 51.8 Å². The van der Waals surface area contributed by atoms with E-state index >= 15 is 0 Å². The summed E-state index contributed by atoms with van der Waals surface area (Å²) in [5.41, 5.74) is 0.971. The van der Waals surface area contributed by atoms with E-state index in [4.69, 9.17) is 9.47 Å². The van der Waals surface area contributed by atoms with Crippen LogP contribution in [0, 0.1) is 0 Å². The summed E-state index contributed by atoms with van der Waals surface area (Å²) in [6.07, 6.45) is 0. The predicted octanol–water partition coefficient (Wildman–Crippen LogP) is 4.61. The van der Waals surface area contributed by atoms with E-state index in [1.165, 1.54) is 11.8 Å². The maximum Gasteiger partial charge on any atom is 0.232 e. The molecule has 0 atom stereocenters. The standard InChI is InChI=1S/C19H22BrNO3S/c1-4-24-16-6-8-17(9-7-16)25-13-19(22)21(2)12-14-11-15(20)5-10-18(14)23-3/h5-11H,4,12-13H2,1-3H3. The van der Waals surface area contributed by atoms with Crippen molar-refractivity contribution in [3.63, 3.8) is 0 Å². The smallest absolute Gasteiger partial charge is 0.232 e. The molecule has 0 fully saturated rings. The highest BCUT2D eigenvalue weighted by atomic mass is 79.9. The van der Waals surface area contributed by atoms with Gasteiger partial charge in [0, 0.05) is 28.5 Å². The first-order valence-corrected chi connectivity index (χ1v) is 9.73. The summed E-state index contributed by atoms with van der Waals surface area (Å²) in [6.45, 7) is 3.11. The van der Waals surface area contributed by atoms with E-state index in [0.29, 0.717) is 18.9 Å². The largest absolute Gasteiger partial charge is 0.496 e. The molecule has 2 aromatic rings. The molecule has 0 aliphatic carbocycles. The van der Waals surface area contributed by atoms with Crippen LogP contribution in [0.25, 0.3) is 0 Å². The van der Waals surface area contributed by atoms with Crippen LogP contribution in [-0.4, -0.2) is 37.3 Å². The quantitative estimate of drug-likeness (QED) is 0.581. The fourth-order valence-corrected chi connectivity index (χ4v) is 3.52. The lowest BCUT2D eigenvalue weighted by atomic mass is 10.2. The summed E-state index contributed by atoms with van der Waals surface area (Å²) in [6, 6.07) is 13.6. The fraction of sp³-hybridized carbons (Fsp3) is 0.316. The Morgan fingerprint density at radius 3 is 2.56 bits per heavy atom. The monoisotopic (exact) mass is 423 g/mol. The van der Waals surface area contributed by atoms with E-state index in [9.17, 15) is 4.79 Å². The van der Waals surface area contributed by atoms with Crippen molar-refractivity contribution in [2.45, 2.75) is 18.4 Å². The van der Waals surface area contributed by atoms with Crippen molar-refractivity contribution in [1.82, 2.24) is 4.90 Å². The summed E-state index contributed by atoms with van der Waals surface area (Å²) in [5.74, 6) is 2.08. The van der Waals surface area contributed by atoms with E-state index in [1.807, 2.05) is 49.4 Å². The van der Waals surface area contributed by atoms with Crippen molar-refractivity contribution in [2.75, 3.05) is 26.5 Å². The molecule has 2 aromatic carbocycles. The summed E-state index contributed by atoms with van der Waals surface area (Å²) in [5, 5.41) is 0. The topological polar surface area (TPSA) is 38.8 Å². The fourth-order valence-electron chi connectivity index (χ4n) is 2.27. The van der Waals surface area contributed by atoms with E-state index in [1.54, 1.807) is 19.1 Å². The molecule has 0 aliphatic rings. The molecule has 0 aromatic heterocycles. The second-order valence-corrected chi connectivity index (χ2v) is 7.36. The van der Waals surface area contributed by atoms with Gasteiger partial charge in [0.1, 0.15) is 11.5 Å². The summed E-state index contributed by atoms with van der Waals surface area (Å²) in [7, 11) is 3.44. The maximum absolute atomic E-state index is 12.4. The first kappa shape index (κ1) is 19.7. The van der Waals surface area contributed by atoms with Crippen molar-refractivity contribution in [1.29, 1.82) is 0 Å². The number of carbonyl (C=O) groups is 1. The van der Waals surface area contributed by atoms with Crippen LogP contribution in [0.4, 0.5) is 0 Å². The molecule has 0 saturated heterocycles. The second kappa shape index (κ2) is 9.73. The molecule has 0 N–H and O–H groups in total.